The molecule has 10 heteroatoms. The average Bonchev–Trinajstić information content (AvgIpc) is 3.67. The van der Waals surface area contributed by atoms with Crippen molar-refractivity contribution in [2.45, 2.75) is 26.7 Å². The number of hydrogen-bond acceptors (Lipinski definition) is 7. The number of aromatic nitrogens is 2. The number of anilines is 3. The molecule has 0 atom stereocenters. The van der Waals surface area contributed by atoms with E-state index in [1.807, 2.05) is 13.8 Å². The number of carbonyl (C=O) groups excluding carboxylic acids is 2. The highest BCUT2D eigenvalue weighted by Crippen LogP contribution is 2.48. The number of nitrogens with zero attached hydrogens (tertiary/aromatic N) is 3. The van der Waals surface area contributed by atoms with Crippen molar-refractivity contribution in [1.82, 2.24) is 14.9 Å². The second-order valence-electron chi connectivity index (χ2n) is 9.68. The standard InChI is InChI=1S/C27H32FN5O4/c1-17(2)15-33(3)26(35)27(9-10-27)25(34)32-19-7-5-18(6-8-19)31-24-23-21(28)13-20(37-12-11-36-4)14-22(23)29-16-30-24/h5-8,13-14,16-17H,9-12,15H2,1-4H3,(H,32,34)(H,29,30,31). The van der Waals surface area contributed by atoms with Crippen LogP contribution >= 0.6 is 0 Å². The van der Waals surface area contributed by atoms with Crippen LogP contribution in [0.2, 0.25) is 0 Å². The minimum absolute atomic E-state index is 0.137. The molecule has 9 nitrogen and oxygen atoms in total. The minimum Gasteiger partial charge on any atom is -0.491 e. The van der Waals surface area contributed by atoms with E-state index in [0.29, 0.717) is 67.0 Å². The number of halogens is 1. The number of rotatable bonds is 11. The number of benzene rings is 2. The molecule has 0 saturated heterocycles. The largest absolute Gasteiger partial charge is 0.491 e. The fourth-order valence-electron chi connectivity index (χ4n) is 4.22. The Labute approximate surface area is 215 Å². The van der Waals surface area contributed by atoms with Crippen LogP contribution in [0.5, 0.6) is 5.75 Å². The Bertz CT molecular complexity index is 1280. The van der Waals surface area contributed by atoms with Crippen molar-refractivity contribution in [3.05, 3.63) is 48.5 Å². The van der Waals surface area contributed by atoms with Crippen LogP contribution < -0.4 is 15.4 Å². The molecule has 1 aliphatic carbocycles. The molecule has 0 unspecified atom stereocenters. The van der Waals surface area contributed by atoms with Crippen LogP contribution in [0.25, 0.3) is 10.9 Å². The molecule has 2 aromatic carbocycles. The van der Waals surface area contributed by atoms with Crippen molar-refractivity contribution in [3.63, 3.8) is 0 Å². The van der Waals surface area contributed by atoms with Gasteiger partial charge in [-0.05, 0) is 43.0 Å². The van der Waals surface area contributed by atoms with Crippen LogP contribution in [0, 0.1) is 17.2 Å². The monoisotopic (exact) mass is 509 g/mol. The molecular weight excluding hydrogens is 477 g/mol. The fourth-order valence-corrected chi connectivity index (χ4v) is 4.22. The highest BCUT2D eigenvalue weighted by Gasteiger charge is 2.57. The Morgan fingerprint density at radius 1 is 1.11 bits per heavy atom. The van der Waals surface area contributed by atoms with Gasteiger partial charge in [-0.3, -0.25) is 9.59 Å². The van der Waals surface area contributed by atoms with Gasteiger partial charge in [-0.15, -0.1) is 0 Å². The van der Waals surface area contributed by atoms with E-state index < -0.39 is 11.2 Å². The van der Waals surface area contributed by atoms with Gasteiger partial charge >= 0.3 is 0 Å². The molecule has 2 amide bonds. The molecule has 0 radical (unpaired) electrons. The van der Waals surface area contributed by atoms with E-state index in [-0.39, 0.29) is 17.2 Å². The predicted molar refractivity (Wildman–Crippen MR) is 139 cm³/mol. The lowest BCUT2D eigenvalue weighted by Crippen LogP contribution is -2.42. The zero-order chi connectivity index (χ0) is 26.6. The van der Waals surface area contributed by atoms with Gasteiger partial charge in [-0.2, -0.15) is 0 Å². The van der Waals surface area contributed by atoms with Crippen molar-refractivity contribution >= 4 is 39.9 Å². The smallest absolute Gasteiger partial charge is 0.240 e. The topological polar surface area (TPSA) is 106 Å². The molecule has 196 valence electrons. The SMILES string of the molecule is COCCOc1cc(F)c2c(Nc3ccc(NC(=O)C4(C(=O)N(C)CC(C)C)CC4)cc3)ncnc2c1. The third-order valence-corrected chi connectivity index (χ3v) is 6.20. The Hall–Kier alpha value is -3.79. The number of methoxy groups -OCH3 is 1. The van der Waals surface area contributed by atoms with Crippen molar-refractivity contribution in [1.29, 1.82) is 0 Å². The third kappa shape index (κ3) is 5.96. The Balaban J connectivity index is 1.44. The normalized spacial score (nSPS) is 13.9. The number of carbonyl (C=O) groups is 2. The van der Waals surface area contributed by atoms with Gasteiger partial charge in [0.25, 0.3) is 0 Å². The summed E-state index contributed by atoms with van der Waals surface area (Å²) in [4.78, 5) is 35.8. The van der Waals surface area contributed by atoms with Gasteiger partial charge in [0.05, 0.1) is 17.5 Å². The highest BCUT2D eigenvalue weighted by atomic mass is 19.1. The first-order chi connectivity index (χ1) is 17.7. The number of amides is 2. The van der Waals surface area contributed by atoms with Crippen LogP contribution in [-0.2, 0) is 14.3 Å². The summed E-state index contributed by atoms with van der Waals surface area (Å²) in [5.41, 5.74) is 0.629. The predicted octanol–water partition coefficient (Wildman–Crippen LogP) is 4.37. The summed E-state index contributed by atoms with van der Waals surface area (Å²) in [6.07, 6.45) is 2.44. The number of ether oxygens (including phenoxy) is 2. The van der Waals surface area contributed by atoms with Gasteiger partial charge in [0.2, 0.25) is 11.8 Å². The Kier molecular flexibility index (Phi) is 7.87. The van der Waals surface area contributed by atoms with E-state index in [1.165, 1.54) is 12.4 Å². The molecule has 1 fully saturated rings. The number of nitrogens with one attached hydrogen (secondary N) is 2. The number of fused-ring (bicyclic) bond motifs is 1. The lowest BCUT2D eigenvalue weighted by molar-refractivity contribution is -0.141. The van der Waals surface area contributed by atoms with Gasteiger partial charge in [0.15, 0.2) is 0 Å². The Morgan fingerprint density at radius 3 is 2.46 bits per heavy atom. The number of hydrogen-bond donors (Lipinski definition) is 2. The summed E-state index contributed by atoms with van der Waals surface area (Å²) in [5.74, 6) is 0.0408. The molecule has 1 aromatic heterocycles. The molecule has 0 bridgehead atoms. The Morgan fingerprint density at radius 2 is 1.81 bits per heavy atom. The van der Waals surface area contributed by atoms with Crippen LogP contribution in [0.3, 0.4) is 0 Å². The fraction of sp³-hybridized carbons (Fsp3) is 0.407. The summed E-state index contributed by atoms with van der Waals surface area (Å²) in [6.45, 7) is 5.36. The van der Waals surface area contributed by atoms with E-state index in [0.717, 1.165) is 0 Å². The maximum absolute atomic E-state index is 14.9. The first-order valence-electron chi connectivity index (χ1n) is 12.2. The van der Waals surface area contributed by atoms with Crippen molar-refractivity contribution in [2.75, 3.05) is 44.5 Å². The molecule has 2 N–H and O–H groups in total. The molecule has 1 aliphatic rings. The quantitative estimate of drug-likeness (QED) is 0.292. The minimum atomic E-state index is -0.982. The van der Waals surface area contributed by atoms with Gasteiger partial charge in [0.1, 0.15) is 35.7 Å². The molecule has 4 rings (SSSR count). The van der Waals surface area contributed by atoms with Gasteiger partial charge in [-0.1, -0.05) is 13.8 Å². The molecule has 0 spiro atoms. The van der Waals surface area contributed by atoms with Crippen molar-refractivity contribution < 1.29 is 23.5 Å². The van der Waals surface area contributed by atoms with E-state index in [9.17, 15) is 14.0 Å². The highest BCUT2D eigenvalue weighted by molar-refractivity contribution is 6.13. The molecular formula is C27H32FN5O4. The second kappa shape index (κ2) is 11.1. The van der Waals surface area contributed by atoms with Gasteiger partial charge in [0, 0.05) is 44.2 Å². The van der Waals surface area contributed by atoms with Crippen LogP contribution in [0.15, 0.2) is 42.7 Å². The van der Waals surface area contributed by atoms with Gasteiger partial charge in [-0.25, -0.2) is 14.4 Å². The lowest BCUT2D eigenvalue weighted by Gasteiger charge is -2.24. The van der Waals surface area contributed by atoms with Crippen LogP contribution in [0.1, 0.15) is 26.7 Å². The lowest BCUT2D eigenvalue weighted by atomic mass is 10.0. The van der Waals surface area contributed by atoms with E-state index in [2.05, 4.69) is 20.6 Å². The molecule has 0 aliphatic heterocycles. The molecule has 1 heterocycles. The summed E-state index contributed by atoms with van der Waals surface area (Å²) in [5, 5.41) is 6.21. The first-order valence-corrected chi connectivity index (χ1v) is 12.2. The summed E-state index contributed by atoms with van der Waals surface area (Å²) < 4.78 is 25.4. The maximum atomic E-state index is 14.9. The van der Waals surface area contributed by atoms with E-state index in [4.69, 9.17) is 9.47 Å². The van der Waals surface area contributed by atoms with Crippen molar-refractivity contribution in [2.24, 2.45) is 11.3 Å². The average molecular weight is 510 g/mol. The summed E-state index contributed by atoms with van der Waals surface area (Å²) >= 11 is 0. The van der Waals surface area contributed by atoms with Crippen LogP contribution in [-0.4, -0.2) is 60.6 Å². The van der Waals surface area contributed by atoms with Crippen LogP contribution in [0.4, 0.5) is 21.6 Å². The zero-order valence-electron chi connectivity index (χ0n) is 21.5. The van der Waals surface area contributed by atoms with Crippen molar-refractivity contribution in [3.8, 4) is 5.75 Å². The first kappa shape index (κ1) is 26.3. The molecule has 37 heavy (non-hydrogen) atoms. The second-order valence-corrected chi connectivity index (χ2v) is 9.68. The van der Waals surface area contributed by atoms with E-state index in [1.54, 1.807) is 49.4 Å². The molecule has 1 saturated carbocycles. The zero-order valence-corrected chi connectivity index (χ0v) is 21.5. The summed E-state index contributed by atoms with van der Waals surface area (Å²) in [7, 11) is 3.30. The third-order valence-electron chi connectivity index (χ3n) is 6.20. The van der Waals surface area contributed by atoms with Gasteiger partial charge < -0.3 is 25.0 Å². The van der Waals surface area contributed by atoms with E-state index >= 15 is 0 Å². The molecule has 3 aromatic rings. The summed E-state index contributed by atoms with van der Waals surface area (Å²) in [6, 6.07) is 9.87. The maximum Gasteiger partial charge on any atom is 0.240 e.